The first kappa shape index (κ1) is 25.3. The molecule has 3 aromatic carbocycles. The topological polar surface area (TPSA) is 66.0 Å². The third kappa shape index (κ3) is 6.14. The molecular weight excluding hydrogens is 466 g/mol. The maximum Gasteiger partial charge on any atom is 0.309 e. The fraction of sp³-hybridized carbons (Fsp3) is 0.387. The predicted octanol–water partition coefficient (Wildman–Crippen LogP) is 6.08. The van der Waals surface area contributed by atoms with Gasteiger partial charge in [-0.2, -0.15) is 0 Å². The molecule has 2 atom stereocenters. The van der Waals surface area contributed by atoms with Crippen molar-refractivity contribution in [2.75, 3.05) is 31.7 Å². The minimum absolute atomic E-state index is 0.0166. The van der Waals surface area contributed by atoms with Crippen LogP contribution in [0.25, 0.3) is 11.1 Å². The monoisotopic (exact) mass is 501 g/mol. The molecule has 1 aliphatic carbocycles. The minimum Gasteiger partial charge on any atom is -0.491 e. The minimum atomic E-state index is -0.0739. The van der Waals surface area contributed by atoms with Gasteiger partial charge in [-0.3, -0.25) is 4.79 Å². The Hall–Kier alpha value is -3.35. The Morgan fingerprint density at radius 2 is 1.76 bits per heavy atom. The van der Waals surface area contributed by atoms with Gasteiger partial charge in [0, 0.05) is 18.8 Å². The van der Waals surface area contributed by atoms with Crippen LogP contribution in [0.3, 0.4) is 0 Å². The van der Waals surface area contributed by atoms with Gasteiger partial charge in [0.1, 0.15) is 12.4 Å². The van der Waals surface area contributed by atoms with Gasteiger partial charge >= 0.3 is 5.97 Å². The number of ether oxygens (including phenoxy) is 4. The quantitative estimate of drug-likeness (QED) is 0.254. The molecule has 0 bridgehead atoms. The van der Waals surface area contributed by atoms with E-state index >= 15 is 0 Å². The summed E-state index contributed by atoms with van der Waals surface area (Å²) in [6.45, 7) is 7.96. The van der Waals surface area contributed by atoms with E-state index in [-0.39, 0.29) is 17.8 Å². The third-order valence-corrected chi connectivity index (χ3v) is 6.97. The lowest BCUT2D eigenvalue weighted by Crippen LogP contribution is -2.07. The SMILES string of the molecule is CCOCCOc1ccc2c(c1)COCc1ccc(CNc3ccc([C@H]4C[C@@H]4C(=O)OCC)cc3)cc1-2. The summed E-state index contributed by atoms with van der Waals surface area (Å²) >= 11 is 0. The zero-order valence-corrected chi connectivity index (χ0v) is 21.6. The molecule has 0 spiro atoms. The molecule has 3 aromatic rings. The van der Waals surface area contributed by atoms with E-state index in [9.17, 15) is 4.79 Å². The van der Waals surface area contributed by atoms with E-state index in [4.69, 9.17) is 18.9 Å². The molecule has 1 N–H and O–H groups in total. The number of fused-ring (bicyclic) bond motifs is 3. The molecule has 1 saturated carbocycles. The summed E-state index contributed by atoms with van der Waals surface area (Å²) in [6, 6.07) is 21.2. The van der Waals surface area contributed by atoms with Crippen molar-refractivity contribution in [3.8, 4) is 16.9 Å². The highest BCUT2D eigenvalue weighted by atomic mass is 16.5. The summed E-state index contributed by atoms with van der Waals surface area (Å²) in [5.74, 6) is 1.07. The van der Waals surface area contributed by atoms with Crippen molar-refractivity contribution in [1.29, 1.82) is 0 Å². The molecule has 1 aliphatic heterocycles. The zero-order valence-electron chi connectivity index (χ0n) is 21.6. The van der Waals surface area contributed by atoms with E-state index in [0.29, 0.717) is 39.6 Å². The fourth-order valence-electron chi connectivity index (χ4n) is 4.91. The number of carbonyl (C=O) groups excluding carboxylic acids is 1. The smallest absolute Gasteiger partial charge is 0.309 e. The molecular formula is C31H35NO5. The second-order valence-corrected chi connectivity index (χ2v) is 9.52. The average molecular weight is 502 g/mol. The number of benzene rings is 3. The highest BCUT2D eigenvalue weighted by Crippen LogP contribution is 2.48. The Labute approximate surface area is 218 Å². The molecule has 1 heterocycles. The van der Waals surface area contributed by atoms with Gasteiger partial charge in [0.05, 0.1) is 32.3 Å². The number of anilines is 1. The lowest BCUT2D eigenvalue weighted by molar-refractivity contribution is -0.144. The van der Waals surface area contributed by atoms with Crippen molar-refractivity contribution in [2.24, 2.45) is 5.92 Å². The van der Waals surface area contributed by atoms with Crippen LogP contribution in [0.1, 0.15) is 48.4 Å². The van der Waals surface area contributed by atoms with E-state index in [1.54, 1.807) is 0 Å². The van der Waals surface area contributed by atoms with Crippen molar-refractivity contribution in [1.82, 2.24) is 0 Å². The fourth-order valence-corrected chi connectivity index (χ4v) is 4.91. The van der Waals surface area contributed by atoms with Crippen LogP contribution in [0.15, 0.2) is 60.7 Å². The summed E-state index contributed by atoms with van der Waals surface area (Å²) in [4.78, 5) is 11.9. The Morgan fingerprint density at radius 1 is 0.919 bits per heavy atom. The van der Waals surface area contributed by atoms with E-state index in [1.807, 2.05) is 19.9 Å². The van der Waals surface area contributed by atoms with E-state index in [1.165, 1.54) is 27.8 Å². The third-order valence-electron chi connectivity index (χ3n) is 6.97. The molecule has 0 radical (unpaired) electrons. The number of rotatable bonds is 11. The molecule has 6 heteroatoms. The maximum atomic E-state index is 11.9. The van der Waals surface area contributed by atoms with Gasteiger partial charge in [-0.05, 0) is 89.9 Å². The van der Waals surface area contributed by atoms with Gasteiger partial charge in [0.25, 0.3) is 0 Å². The summed E-state index contributed by atoms with van der Waals surface area (Å²) in [6.07, 6.45) is 0.882. The number of carbonyl (C=O) groups is 1. The number of hydrogen-bond donors (Lipinski definition) is 1. The van der Waals surface area contributed by atoms with Gasteiger partial charge in [-0.25, -0.2) is 0 Å². The summed E-state index contributed by atoms with van der Waals surface area (Å²) in [5, 5.41) is 3.54. The van der Waals surface area contributed by atoms with Gasteiger partial charge in [-0.15, -0.1) is 0 Å². The molecule has 1 fully saturated rings. The van der Waals surface area contributed by atoms with Crippen LogP contribution in [0.5, 0.6) is 5.75 Å². The first-order chi connectivity index (χ1) is 18.2. The van der Waals surface area contributed by atoms with Gasteiger partial charge in [0.2, 0.25) is 0 Å². The lowest BCUT2D eigenvalue weighted by atomic mass is 9.94. The number of nitrogens with one attached hydrogen (secondary N) is 1. The second-order valence-electron chi connectivity index (χ2n) is 9.52. The Kier molecular flexibility index (Phi) is 8.07. The molecule has 37 heavy (non-hydrogen) atoms. The summed E-state index contributed by atoms with van der Waals surface area (Å²) in [5.41, 5.74) is 8.19. The molecule has 0 saturated heterocycles. The lowest BCUT2D eigenvalue weighted by Gasteiger charge is -2.14. The van der Waals surface area contributed by atoms with Crippen LogP contribution >= 0.6 is 0 Å². The van der Waals surface area contributed by atoms with Crippen molar-refractivity contribution >= 4 is 11.7 Å². The first-order valence-corrected chi connectivity index (χ1v) is 13.2. The van der Waals surface area contributed by atoms with Crippen LogP contribution in [0.2, 0.25) is 0 Å². The Morgan fingerprint density at radius 3 is 2.57 bits per heavy atom. The zero-order chi connectivity index (χ0) is 25.6. The van der Waals surface area contributed by atoms with E-state index in [0.717, 1.165) is 30.0 Å². The van der Waals surface area contributed by atoms with Gasteiger partial charge in [0.15, 0.2) is 0 Å². The Bertz CT molecular complexity index is 1220. The number of esters is 1. The average Bonchev–Trinajstić information content (AvgIpc) is 3.74. The van der Waals surface area contributed by atoms with Crippen LogP contribution in [-0.2, 0) is 38.8 Å². The summed E-state index contributed by atoms with van der Waals surface area (Å²) in [7, 11) is 0. The maximum absolute atomic E-state index is 11.9. The molecule has 0 aromatic heterocycles. The normalized spacial score (nSPS) is 17.8. The van der Waals surface area contributed by atoms with Crippen LogP contribution in [0, 0.1) is 5.92 Å². The molecule has 5 rings (SSSR count). The standard InChI is InChI=1S/C31H35NO5/c1-3-34-13-14-37-26-11-12-27-24(16-26)20-35-19-23-6-5-21(15-28(23)27)18-32-25-9-7-22(8-10-25)29-17-30(29)31(33)36-4-2/h5-12,15-16,29-30,32H,3-4,13-14,17-20H2,1-2H3/t29-,30+/m1/s1. The predicted molar refractivity (Wildman–Crippen MR) is 144 cm³/mol. The van der Waals surface area contributed by atoms with Crippen molar-refractivity contribution in [2.45, 2.75) is 45.9 Å². The number of hydrogen-bond acceptors (Lipinski definition) is 6. The largest absolute Gasteiger partial charge is 0.491 e. The van der Waals surface area contributed by atoms with Crippen molar-refractivity contribution in [3.05, 3.63) is 82.9 Å². The van der Waals surface area contributed by atoms with Crippen molar-refractivity contribution in [3.63, 3.8) is 0 Å². The molecule has 194 valence electrons. The van der Waals surface area contributed by atoms with Gasteiger partial charge in [-0.1, -0.05) is 30.3 Å². The summed E-state index contributed by atoms with van der Waals surface area (Å²) < 4.78 is 22.3. The molecule has 0 amide bonds. The molecule has 0 unspecified atom stereocenters. The van der Waals surface area contributed by atoms with E-state index < -0.39 is 0 Å². The highest BCUT2D eigenvalue weighted by Gasteiger charge is 2.45. The van der Waals surface area contributed by atoms with Crippen LogP contribution < -0.4 is 10.1 Å². The molecule has 6 nitrogen and oxygen atoms in total. The van der Waals surface area contributed by atoms with Crippen molar-refractivity contribution < 1.29 is 23.7 Å². The second kappa shape index (κ2) is 11.8. The van der Waals surface area contributed by atoms with Gasteiger partial charge < -0.3 is 24.3 Å². The first-order valence-electron chi connectivity index (χ1n) is 13.2. The van der Waals surface area contributed by atoms with E-state index in [2.05, 4.69) is 59.9 Å². The Balaban J connectivity index is 1.23. The molecule has 2 aliphatic rings. The highest BCUT2D eigenvalue weighted by molar-refractivity contribution is 5.77. The van der Waals surface area contributed by atoms with Crippen LogP contribution in [0.4, 0.5) is 5.69 Å². The van der Waals surface area contributed by atoms with Crippen LogP contribution in [-0.4, -0.2) is 32.4 Å².